The number of rotatable bonds is 5. The summed E-state index contributed by atoms with van der Waals surface area (Å²) in [6, 6.07) is 14.4. The molecular weight excluding hydrogens is 364 g/mol. The first-order chi connectivity index (χ1) is 14.0. The molecule has 3 N–H and O–H groups in total. The van der Waals surface area contributed by atoms with Crippen molar-refractivity contribution in [2.45, 2.75) is 45.9 Å². The van der Waals surface area contributed by atoms with Gasteiger partial charge in [-0.1, -0.05) is 17.2 Å². The van der Waals surface area contributed by atoms with Gasteiger partial charge < -0.3 is 14.6 Å². The van der Waals surface area contributed by atoms with Gasteiger partial charge in [0.1, 0.15) is 5.75 Å². The van der Waals surface area contributed by atoms with Gasteiger partial charge in [-0.2, -0.15) is 0 Å². The summed E-state index contributed by atoms with van der Waals surface area (Å²) in [5, 5.41) is 4.26. The second-order valence-corrected chi connectivity index (χ2v) is 7.72. The molecule has 29 heavy (non-hydrogen) atoms. The van der Waals surface area contributed by atoms with Crippen LogP contribution in [0.1, 0.15) is 46.6 Å². The minimum Gasteiger partial charge on any atom is -0.497 e. The van der Waals surface area contributed by atoms with Crippen molar-refractivity contribution < 1.29 is 9.53 Å². The fraction of sp³-hybridized carbons (Fsp3) is 0.348. The number of aryl methyl sites for hydroxylation is 3. The van der Waals surface area contributed by atoms with E-state index in [9.17, 15) is 4.79 Å². The average molecular weight is 393 g/mol. The zero-order valence-corrected chi connectivity index (χ0v) is 17.4. The number of ether oxygens (including phenoxy) is 1. The first-order valence-corrected chi connectivity index (χ1v) is 10.1. The molecule has 1 amide bonds. The highest BCUT2D eigenvalue weighted by Gasteiger charge is 2.29. The van der Waals surface area contributed by atoms with Crippen LogP contribution in [-0.2, 0) is 6.54 Å². The SMILES string of the molecule is CCn1c(C2CC(NC(=O)c3cc(C)cc(C)c3)NN2)cc2cc(OC)ccc21. The van der Waals surface area contributed by atoms with E-state index >= 15 is 0 Å². The highest BCUT2D eigenvalue weighted by molar-refractivity contribution is 5.94. The summed E-state index contributed by atoms with van der Waals surface area (Å²) in [6.07, 6.45) is 0.635. The van der Waals surface area contributed by atoms with E-state index in [1.807, 2.05) is 32.0 Å². The second kappa shape index (κ2) is 7.89. The molecule has 0 spiro atoms. The molecule has 1 fully saturated rings. The number of hydrogen-bond donors (Lipinski definition) is 3. The molecule has 6 nitrogen and oxygen atoms in total. The van der Waals surface area contributed by atoms with Gasteiger partial charge in [0.2, 0.25) is 0 Å². The molecule has 152 valence electrons. The lowest BCUT2D eigenvalue weighted by atomic mass is 10.1. The highest BCUT2D eigenvalue weighted by atomic mass is 16.5. The predicted molar refractivity (Wildman–Crippen MR) is 115 cm³/mol. The van der Waals surface area contributed by atoms with Crippen LogP contribution in [0.2, 0.25) is 0 Å². The average Bonchev–Trinajstić information content (AvgIpc) is 3.30. The Morgan fingerprint density at radius 3 is 2.59 bits per heavy atom. The van der Waals surface area contributed by atoms with Crippen molar-refractivity contribution in [1.29, 1.82) is 0 Å². The zero-order valence-electron chi connectivity index (χ0n) is 17.4. The van der Waals surface area contributed by atoms with Crippen molar-refractivity contribution in [2.24, 2.45) is 0 Å². The van der Waals surface area contributed by atoms with Crippen LogP contribution < -0.4 is 20.9 Å². The fourth-order valence-corrected chi connectivity index (χ4v) is 4.23. The number of nitrogens with one attached hydrogen (secondary N) is 3. The summed E-state index contributed by atoms with van der Waals surface area (Å²) < 4.78 is 7.67. The molecule has 1 aromatic heterocycles. The first-order valence-electron chi connectivity index (χ1n) is 10.1. The smallest absolute Gasteiger partial charge is 0.252 e. The lowest BCUT2D eigenvalue weighted by Crippen LogP contribution is -2.44. The zero-order chi connectivity index (χ0) is 20.5. The molecule has 2 aromatic carbocycles. The topological polar surface area (TPSA) is 67.3 Å². The van der Waals surface area contributed by atoms with Gasteiger partial charge in [-0.15, -0.1) is 0 Å². The Hall–Kier alpha value is -2.83. The van der Waals surface area contributed by atoms with Crippen molar-refractivity contribution in [1.82, 2.24) is 20.7 Å². The molecule has 0 bridgehead atoms. The molecule has 0 aliphatic carbocycles. The molecule has 2 atom stereocenters. The number of fused-ring (bicyclic) bond motifs is 1. The fourth-order valence-electron chi connectivity index (χ4n) is 4.23. The van der Waals surface area contributed by atoms with Crippen LogP contribution in [0.25, 0.3) is 10.9 Å². The van der Waals surface area contributed by atoms with Crippen molar-refractivity contribution >= 4 is 16.8 Å². The number of hydrogen-bond acceptors (Lipinski definition) is 4. The maximum atomic E-state index is 12.7. The number of benzene rings is 2. The molecule has 1 aliphatic rings. The van der Waals surface area contributed by atoms with Gasteiger partial charge in [0.25, 0.3) is 5.91 Å². The van der Waals surface area contributed by atoms with Crippen molar-refractivity contribution in [2.75, 3.05) is 7.11 Å². The highest BCUT2D eigenvalue weighted by Crippen LogP contribution is 2.30. The molecule has 0 saturated carbocycles. The Morgan fingerprint density at radius 1 is 1.14 bits per heavy atom. The third-order valence-electron chi connectivity index (χ3n) is 5.51. The summed E-state index contributed by atoms with van der Waals surface area (Å²) in [6.45, 7) is 7.04. The van der Waals surface area contributed by atoms with E-state index in [0.717, 1.165) is 35.2 Å². The number of nitrogens with zero attached hydrogens (tertiary/aromatic N) is 1. The molecule has 6 heteroatoms. The minimum absolute atomic E-state index is 0.0579. The van der Waals surface area contributed by atoms with E-state index in [1.165, 1.54) is 11.2 Å². The van der Waals surface area contributed by atoms with E-state index in [4.69, 9.17) is 4.74 Å². The van der Waals surface area contributed by atoms with Crippen molar-refractivity contribution in [3.8, 4) is 5.75 Å². The molecular formula is C23H28N4O2. The summed E-state index contributed by atoms with van der Waals surface area (Å²) >= 11 is 0. The quantitative estimate of drug-likeness (QED) is 0.621. The van der Waals surface area contributed by atoms with E-state index in [0.29, 0.717) is 5.56 Å². The second-order valence-electron chi connectivity index (χ2n) is 7.72. The number of methoxy groups -OCH3 is 1. The van der Waals surface area contributed by atoms with Gasteiger partial charge >= 0.3 is 0 Å². The lowest BCUT2D eigenvalue weighted by molar-refractivity contribution is 0.0932. The van der Waals surface area contributed by atoms with Gasteiger partial charge in [0.05, 0.1) is 19.3 Å². The van der Waals surface area contributed by atoms with E-state index in [-0.39, 0.29) is 18.1 Å². The van der Waals surface area contributed by atoms with Crippen LogP contribution in [0.15, 0.2) is 42.5 Å². The Kier molecular flexibility index (Phi) is 5.30. The van der Waals surface area contributed by atoms with Crippen LogP contribution in [0.3, 0.4) is 0 Å². The van der Waals surface area contributed by atoms with E-state index in [2.05, 4.69) is 51.9 Å². The summed E-state index contributed by atoms with van der Waals surface area (Å²) in [5.41, 5.74) is 11.9. The largest absolute Gasteiger partial charge is 0.497 e. The van der Waals surface area contributed by atoms with Gasteiger partial charge in [0, 0.05) is 35.1 Å². The number of carbonyl (C=O) groups is 1. The molecule has 2 heterocycles. The van der Waals surface area contributed by atoms with E-state index < -0.39 is 0 Å². The summed E-state index contributed by atoms with van der Waals surface area (Å²) in [7, 11) is 1.68. The number of hydrazine groups is 1. The van der Waals surface area contributed by atoms with Crippen molar-refractivity contribution in [3.63, 3.8) is 0 Å². The van der Waals surface area contributed by atoms with Crippen LogP contribution in [0, 0.1) is 13.8 Å². The van der Waals surface area contributed by atoms with Crippen LogP contribution in [-0.4, -0.2) is 23.7 Å². The van der Waals surface area contributed by atoms with Gasteiger partial charge in [-0.3, -0.25) is 4.79 Å². The minimum atomic E-state index is -0.133. The summed E-state index contributed by atoms with van der Waals surface area (Å²) in [4.78, 5) is 12.7. The van der Waals surface area contributed by atoms with Crippen LogP contribution in [0.5, 0.6) is 5.75 Å². The maximum Gasteiger partial charge on any atom is 0.252 e. The first kappa shape index (κ1) is 19.5. The third-order valence-corrected chi connectivity index (χ3v) is 5.51. The molecule has 4 rings (SSSR count). The van der Waals surface area contributed by atoms with Crippen LogP contribution >= 0.6 is 0 Å². The molecule has 1 saturated heterocycles. The third kappa shape index (κ3) is 3.86. The Labute approximate surface area is 171 Å². The molecule has 2 unspecified atom stereocenters. The normalized spacial score (nSPS) is 18.9. The van der Waals surface area contributed by atoms with Gasteiger partial charge in [-0.25, -0.2) is 10.9 Å². The lowest BCUT2D eigenvalue weighted by Gasteiger charge is -2.14. The van der Waals surface area contributed by atoms with Crippen LogP contribution in [0.4, 0.5) is 0 Å². The Bertz CT molecular complexity index is 1040. The molecule has 0 radical (unpaired) electrons. The molecule has 1 aliphatic heterocycles. The number of amides is 1. The number of carbonyl (C=O) groups excluding carboxylic acids is 1. The summed E-state index contributed by atoms with van der Waals surface area (Å²) in [5.74, 6) is 0.797. The van der Waals surface area contributed by atoms with Gasteiger partial charge in [-0.05, 0) is 57.2 Å². The van der Waals surface area contributed by atoms with E-state index in [1.54, 1.807) is 7.11 Å². The van der Waals surface area contributed by atoms with Crippen molar-refractivity contribution in [3.05, 3.63) is 64.8 Å². The predicted octanol–water partition coefficient (Wildman–Crippen LogP) is 3.58. The maximum absolute atomic E-state index is 12.7. The van der Waals surface area contributed by atoms with Gasteiger partial charge in [0.15, 0.2) is 0 Å². The standard InChI is InChI=1S/C23H28N4O2/c1-5-27-20-7-6-18(29-4)11-16(20)12-21(27)19-13-22(26-25-19)24-23(28)17-9-14(2)8-15(3)10-17/h6-12,19,22,25-26H,5,13H2,1-4H3,(H,24,28). The Morgan fingerprint density at radius 2 is 1.90 bits per heavy atom. The Balaban J connectivity index is 1.51. The number of aromatic nitrogens is 1. The molecule has 3 aromatic rings. The monoisotopic (exact) mass is 392 g/mol.